The van der Waals surface area contributed by atoms with Gasteiger partial charge in [-0.2, -0.15) is 4.73 Å². The number of amides is 4. The van der Waals surface area contributed by atoms with Gasteiger partial charge in [-0.3, -0.25) is 19.3 Å². The van der Waals surface area contributed by atoms with Crippen molar-refractivity contribution in [3.8, 4) is 11.5 Å². The van der Waals surface area contributed by atoms with Gasteiger partial charge >= 0.3 is 6.03 Å². The number of imide groups is 1. The Kier molecular flexibility index (Phi) is 7.14. The molecule has 0 saturated carbocycles. The minimum absolute atomic E-state index is 0.133. The first-order valence-electron chi connectivity index (χ1n) is 13.3. The van der Waals surface area contributed by atoms with Crippen LogP contribution in [0.3, 0.4) is 0 Å². The summed E-state index contributed by atoms with van der Waals surface area (Å²) in [4.78, 5) is 58.8. The zero-order chi connectivity index (χ0) is 28.6. The van der Waals surface area contributed by atoms with Crippen LogP contribution in [0.1, 0.15) is 64.2 Å². The quantitative estimate of drug-likeness (QED) is 0.500. The van der Waals surface area contributed by atoms with Crippen molar-refractivity contribution < 1.29 is 33.5 Å². The number of urea groups is 1. The molecule has 40 heavy (non-hydrogen) atoms. The highest BCUT2D eigenvalue weighted by Crippen LogP contribution is 2.40. The Labute approximate surface area is 231 Å². The average molecular weight is 549 g/mol. The number of rotatable bonds is 6. The molecule has 0 bridgehead atoms. The number of fused-ring (bicyclic) bond motifs is 2. The van der Waals surface area contributed by atoms with Gasteiger partial charge in [0.05, 0.1) is 24.1 Å². The van der Waals surface area contributed by atoms with Gasteiger partial charge in [-0.1, -0.05) is 0 Å². The topological polar surface area (TPSA) is 133 Å². The highest BCUT2D eigenvalue weighted by Gasteiger charge is 2.44. The molecule has 11 nitrogen and oxygen atoms in total. The predicted molar refractivity (Wildman–Crippen MR) is 146 cm³/mol. The summed E-state index contributed by atoms with van der Waals surface area (Å²) in [6.45, 7) is 5.55. The van der Waals surface area contributed by atoms with E-state index in [1.807, 2.05) is 26.0 Å². The maximum atomic E-state index is 13.6. The van der Waals surface area contributed by atoms with Gasteiger partial charge in [0, 0.05) is 55.7 Å². The van der Waals surface area contributed by atoms with Gasteiger partial charge in [-0.25, -0.2) is 4.79 Å². The number of Topliss-reactive ketones (excluding diaryl/α,β-unsaturated/α-hetero) is 1. The Balaban J connectivity index is 1.32. The smallest absolute Gasteiger partial charge is 0.321 e. The minimum atomic E-state index is -0.886. The summed E-state index contributed by atoms with van der Waals surface area (Å²) >= 11 is 0. The Morgan fingerprint density at radius 3 is 2.48 bits per heavy atom. The molecule has 0 atom stereocenters. The maximum absolute atomic E-state index is 13.6. The molecule has 1 aromatic heterocycles. The van der Waals surface area contributed by atoms with E-state index in [4.69, 9.17) is 20.0 Å². The number of ether oxygens (including phenoxy) is 2. The number of likely N-dealkylation sites (tertiary alicyclic amines) is 1. The van der Waals surface area contributed by atoms with E-state index < -0.39 is 17.5 Å². The van der Waals surface area contributed by atoms with Crippen molar-refractivity contribution in [1.82, 2.24) is 14.5 Å². The van der Waals surface area contributed by atoms with Crippen LogP contribution in [0.4, 0.5) is 4.79 Å². The van der Waals surface area contributed by atoms with Crippen LogP contribution in [-0.2, 0) is 0 Å². The zero-order valence-corrected chi connectivity index (χ0v) is 22.8. The summed E-state index contributed by atoms with van der Waals surface area (Å²) in [6.07, 6.45) is 2.89. The maximum Gasteiger partial charge on any atom is 0.321 e. The molecule has 0 radical (unpaired) electrons. The molecule has 2 aliphatic rings. The van der Waals surface area contributed by atoms with E-state index in [9.17, 15) is 19.2 Å². The SMILES string of the molecule is CCOc1cc(C(=O)N2CCC3(CC2)CC(=O)c2cc(C(=O)N(C)C(N)=O)ccc2O3)cc2c1ccn2OCC. The molecule has 2 aliphatic heterocycles. The van der Waals surface area contributed by atoms with E-state index in [0.717, 1.165) is 15.8 Å². The highest BCUT2D eigenvalue weighted by molar-refractivity contribution is 6.07. The largest absolute Gasteiger partial charge is 0.493 e. The van der Waals surface area contributed by atoms with Crippen LogP contribution < -0.4 is 20.0 Å². The lowest BCUT2D eigenvalue weighted by Crippen LogP contribution is -2.52. The number of hydrogen-bond acceptors (Lipinski definition) is 7. The zero-order valence-electron chi connectivity index (χ0n) is 22.8. The Bertz CT molecular complexity index is 1500. The fourth-order valence-corrected chi connectivity index (χ4v) is 5.33. The number of nitrogens with zero attached hydrogens (tertiary/aromatic N) is 3. The van der Waals surface area contributed by atoms with Crippen LogP contribution in [0.15, 0.2) is 42.6 Å². The first kappa shape index (κ1) is 27.0. The fraction of sp³-hybridized carbons (Fsp3) is 0.379. The van der Waals surface area contributed by atoms with Gasteiger partial charge in [-0.15, -0.1) is 0 Å². The first-order valence-corrected chi connectivity index (χ1v) is 13.3. The summed E-state index contributed by atoms with van der Waals surface area (Å²) in [5, 5.41) is 0.864. The monoisotopic (exact) mass is 548 g/mol. The van der Waals surface area contributed by atoms with Crippen molar-refractivity contribution in [2.45, 2.75) is 38.7 Å². The molecule has 4 amide bonds. The summed E-state index contributed by atoms with van der Waals surface area (Å²) in [6, 6.07) is 9.12. The number of piperidine rings is 1. The van der Waals surface area contributed by atoms with Gasteiger partial charge in [0.2, 0.25) is 0 Å². The van der Waals surface area contributed by atoms with Crippen molar-refractivity contribution >= 4 is 34.5 Å². The van der Waals surface area contributed by atoms with E-state index in [-0.39, 0.29) is 23.7 Å². The third kappa shape index (κ3) is 4.83. The molecule has 1 fully saturated rings. The van der Waals surface area contributed by atoms with Crippen LogP contribution >= 0.6 is 0 Å². The lowest BCUT2D eigenvalue weighted by Gasteiger charge is -2.44. The molecular formula is C29H32N4O7. The summed E-state index contributed by atoms with van der Waals surface area (Å²) in [7, 11) is 1.28. The van der Waals surface area contributed by atoms with E-state index in [1.54, 1.807) is 28.0 Å². The van der Waals surface area contributed by atoms with Crippen molar-refractivity contribution in [1.29, 1.82) is 0 Å². The van der Waals surface area contributed by atoms with E-state index in [1.165, 1.54) is 19.2 Å². The van der Waals surface area contributed by atoms with Crippen molar-refractivity contribution in [2.75, 3.05) is 33.4 Å². The van der Waals surface area contributed by atoms with Crippen molar-refractivity contribution in [3.05, 3.63) is 59.3 Å². The van der Waals surface area contributed by atoms with Gasteiger partial charge in [0.25, 0.3) is 11.8 Å². The second-order valence-corrected chi connectivity index (χ2v) is 9.99. The third-order valence-electron chi connectivity index (χ3n) is 7.48. The normalized spacial score (nSPS) is 15.9. The number of benzene rings is 2. The van der Waals surface area contributed by atoms with Crippen molar-refractivity contribution in [2.24, 2.45) is 5.73 Å². The minimum Gasteiger partial charge on any atom is -0.493 e. The van der Waals surface area contributed by atoms with E-state index in [0.29, 0.717) is 61.8 Å². The first-order chi connectivity index (χ1) is 19.2. The number of carbonyl (C=O) groups is 4. The van der Waals surface area contributed by atoms with Crippen LogP contribution in [-0.4, -0.2) is 77.1 Å². The summed E-state index contributed by atoms with van der Waals surface area (Å²) in [5.41, 5.74) is 6.17. The molecule has 3 heterocycles. The van der Waals surface area contributed by atoms with Crippen LogP contribution in [0.25, 0.3) is 10.9 Å². The van der Waals surface area contributed by atoms with Crippen LogP contribution in [0.2, 0.25) is 0 Å². The summed E-state index contributed by atoms with van der Waals surface area (Å²) < 4.78 is 13.8. The Morgan fingerprint density at radius 2 is 1.80 bits per heavy atom. The molecule has 1 spiro atoms. The molecule has 2 aromatic carbocycles. The van der Waals surface area contributed by atoms with Crippen LogP contribution in [0.5, 0.6) is 11.5 Å². The van der Waals surface area contributed by atoms with Gasteiger partial charge in [-0.05, 0) is 50.2 Å². The number of primary amides is 1. The lowest BCUT2D eigenvalue weighted by atomic mass is 9.82. The highest BCUT2D eigenvalue weighted by atomic mass is 16.7. The second kappa shape index (κ2) is 10.6. The average Bonchev–Trinajstić information content (AvgIpc) is 3.35. The number of hydrogen-bond donors (Lipinski definition) is 1. The standard InChI is InChI=1S/C29H32N4O7/c1-4-38-25-16-19(15-22-20(25)8-11-33(22)39-5-2)27(36)32-12-9-29(10-13-32)17-23(34)21-14-18(6-7-24(21)40-29)26(35)31(3)28(30)37/h6-8,11,14-16H,4-5,9-10,12-13,17H2,1-3H3,(H2,30,37). The summed E-state index contributed by atoms with van der Waals surface area (Å²) in [5.74, 6) is 0.118. The van der Waals surface area contributed by atoms with E-state index in [2.05, 4.69) is 0 Å². The molecule has 210 valence electrons. The van der Waals surface area contributed by atoms with Gasteiger partial charge in [0.1, 0.15) is 23.7 Å². The molecule has 0 aliphatic carbocycles. The molecular weight excluding hydrogens is 516 g/mol. The molecule has 5 rings (SSSR count). The molecule has 0 unspecified atom stereocenters. The Hall–Kier alpha value is -4.54. The fourth-order valence-electron chi connectivity index (χ4n) is 5.33. The second-order valence-electron chi connectivity index (χ2n) is 9.99. The number of nitrogens with two attached hydrogens (primary N) is 1. The predicted octanol–water partition coefficient (Wildman–Crippen LogP) is 3.28. The number of carbonyl (C=O) groups excluding carboxylic acids is 4. The van der Waals surface area contributed by atoms with Crippen molar-refractivity contribution in [3.63, 3.8) is 0 Å². The third-order valence-corrected chi connectivity index (χ3v) is 7.48. The van der Waals surface area contributed by atoms with Gasteiger partial charge < -0.3 is 24.9 Å². The Morgan fingerprint density at radius 1 is 1.05 bits per heavy atom. The molecule has 3 aromatic rings. The lowest BCUT2D eigenvalue weighted by molar-refractivity contribution is -0.00572. The molecule has 11 heteroatoms. The van der Waals surface area contributed by atoms with Crippen LogP contribution in [0, 0.1) is 0 Å². The molecule has 2 N–H and O–H groups in total. The molecule has 1 saturated heterocycles. The number of ketones is 1. The van der Waals surface area contributed by atoms with E-state index >= 15 is 0 Å². The van der Waals surface area contributed by atoms with Gasteiger partial charge in [0.15, 0.2) is 5.78 Å². The number of aromatic nitrogens is 1.